The van der Waals surface area contributed by atoms with Crippen molar-refractivity contribution in [1.29, 1.82) is 0 Å². The molecule has 3 nitrogen and oxygen atoms in total. The first-order valence-electron chi connectivity index (χ1n) is 1.57. The van der Waals surface area contributed by atoms with Crippen LogP contribution in [0.1, 0.15) is 6.92 Å². The second kappa shape index (κ2) is 4.00. The molecule has 0 unspecified atom stereocenters. The van der Waals surface area contributed by atoms with Crippen molar-refractivity contribution in [2.75, 3.05) is 6.16 Å². The first-order valence-corrected chi connectivity index (χ1v) is 3.30. The quantitative estimate of drug-likeness (QED) is 0.417. The first kappa shape index (κ1) is 10.9. The molecule has 0 heterocycles. The van der Waals surface area contributed by atoms with Crippen LogP contribution in [0, 0.1) is 0 Å². The van der Waals surface area contributed by atoms with Gasteiger partial charge in [0, 0.05) is 0 Å². The van der Waals surface area contributed by atoms with E-state index < -0.39 is 7.60 Å². The fraction of sp³-hybridized carbons (Fsp3) is 1.00. The molecular weight excluding hydrogens is 215 g/mol. The van der Waals surface area contributed by atoms with Gasteiger partial charge in [-0.2, -0.15) is 0 Å². The largest absolute Gasteiger partial charge is 2.00 e. The molecule has 0 fully saturated rings. The van der Waals surface area contributed by atoms with Gasteiger partial charge in [0.2, 0.25) is 0 Å². The fourth-order valence-electron chi connectivity index (χ4n) is 0. The zero-order valence-corrected chi connectivity index (χ0v) is 9.02. The molecule has 0 aromatic carbocycles. The van der Waals surface area contributed by atoms with Crippen LogP contribution >= 0.6 is 7.60 Å². The third-order valence-electron chi connectivity index (χ3n) is 0.387. The first-order chi connectivity index (χ1) is 2.56. The van der Waals surface area contributed by atoms with Crippen LogP contribution in [-0.2, 0) is 31.9 Å². The van der Waals surface area contributed by atoms with E-state index in [4.69, 9.17) is 0 Å². The van der Waals surface area contributed by atoms with E-state index in [0.717, 1.165) is 0 Å². The van der Waals surface area contributed by atoms with E-state index in [-0.39, 0.29) is 33.5 Å². The topological polar surface area (TPSA) is 63.2 Å². The number of hydrogen-bond donors (Lipinski definition) is 0. The smallest absolute Gasteiger partial charge is 0.811 e. The maximum atomic E-state index is 9.47. The number of rotatable bonds is 1. The Morgan fingerprint density at radius 1 is 1.57 bits per heavy atom. The van der Waals surface area contributed by atoms with Crippen LogP contribution in [0.5, 0.6) is 0 Å². The molecule has 0 spiro atoms. The van der Waals surface area contributed by atoms with Crippen molar-refractivity contribution in [2.24, 2.45) is 0 Å². The van der Waals surface area contributed by atoms with Crippen LogP contribution in [-0.4, -0.2) is 6.16 Å². The molecule has 0 bridgehead atoms. The second-order valence-corrected chi connectivity index (χ2v) is 2.78. The molecule has 0 aliphatic carbocycles. The summed E-state index contributed by atoms with van der Waals surface area (Å²) in [6.45, 7) is 1.32. The minimum Gasteiger partial charge on any atom is -0.811 e. The average Bonchev–Trinajstić information content (AvgIpc) is 1.35. The SMILES string of the molecule is CCP(=O)([O-])[O-].[Cd+2]. The van der Waals surface area contributed by atoms with Crippen LogP contribution in [0.4, 0.5) is 0 Å². The van der Waals surface area contributed by atoms with Gasteiger partial charge in [0.05, 0.1) is 0 Å². The molecule has 0 amide bonds. The van der Waals surface area contributed by atoms with Crippen molar-refractivity contribution in [3.8, 4) is 0 Å². The summed E-state index contributed by atoms with van der Waals surface area (Å²) in [4.78, 5) is 18.9. The molecule has 0 atom stereocenters. The summed E-state index contributed by atoms with van der Waals surface area (Å²) in [5.74, 6) is 0. The molecule has 0 aromatic heterocycles. The molecule has 7 heavy (non-hydrogen) atoms. The minimum absolute atomic E-state index is 0. The van der Waals surface area contributed by atoms with Gasteiger partial charge < -0.3 is 14.4 Å². The maximum absolute atomic E-state index is 9.47. The third-order valence-corrected chi connectivity index (χ3v) is 1.16. The predicted octanol–water partition coefficient (Wildman–Crippen LogP) is -1.08. The van der Waals surface area contributed by atoms with Crippen LogP contribution in [0.2, 0.25) is 0 Å². The Kier molecular flexibility index (Phi) is 6.26. The Labute approximate surface area is 62.4 Å². The monoisotopic (exact) mass is 222 g/mol. The molecule has 0 saturated heterocycles. The van der Waals surface area contributed by atoms with Crippen LogP contribution in [0.25, 0.3) is 0 Å². The van der Waals surface area contributed by atoms with Crippen molar-refractivity contribution >= 4 is 7.60 Å². The molecule has 0 aliphatic rings. The summed E-state index contributed by atoms with van der Waals surface area (Å²) in [7, 11) is -4.15. The van der Waals surface area contributed by atoms with Gasteiger partial charge >= 0.3 is 27.3 Å². The van der Waals surface area contributed by atoms with E-state index in [1.54, 1.807) is 0 Å². The molecule has 0 rings (SSSR count). The molecule has 38 valence electrons. The zero-order chi connectivity index (χ0) is 5.21. The van der Waals surface area contributed by atoms with Gasteiger partial charge in [-0.05, 0) is 6.16 Å². The summed E-state index contributed by atoms with van der Waals surface area (Å²) < 4.78 is 9.47. The van der Waals surface area contributed by atoms with E-state index in [0.29, 0.717) is 0 Å². The average molecular weight is 220 g/mol. The Hall–Kier alpha value is 1.07. The van der Waals surface area contributed by atoms with Crippen LogP contribution in [0.15, 0.2) is 0 Å². The Morgan fingerprint density at radius 3 is 1.71 bits per heavy atom. The zero-order valence-electron chi connectivity index (χ0n) is 4.09. The summed E-state index contributed by atoms with van der Waals surface area (Å²) in [6, 6.07) is 0. The molecule has 0 N–H and O–H groups in total. The summed E-state index contributed by atoms with van der Waals surface area (Å²) in [5.41, 5.74) is 0. The van der Waals surface area contributed by atoms with E-state index in [9.17, 15) is 14.4 Å². The number of hydrogen-bond acceptors (Lipinski definition) is 3. The molecule has 0 aliphatic heterocycles. The van der Waals surface area contributed by atoms with Crippen LogP contribution < -0.4 is 9.79 Å². The van der Waals surface area contributed by atoms with Crippen molar-refractivity contribution in [2.45, 2.75) is 6.92 Å². The van der Waals surface area contributed by atoms with Crippen LogP contribution in [0.3, 0.4) is 0 Å². The van der Waals surface area contributed by atoms with Gasteiger partial charge in [-0.3, -0.25) is 0 Å². The third kappa shape index (κ3) is 11.0. The Morgan fingerprint density at radius 2 is 1.71 bits per heavy atom. The normalized spacial score (nSPS) is 10.1. The maximum Gasteiger partial charge on any atom is 2.00 e. The summed E-state index contributed by atoms with van der Waals surface area (Å²) in [6.07, 6.45) is -0.285. The molecular formula is C2H5CdO3P. The van der Waals surface area contributed by atoms with Gasteiger partial charge in [0.25, 0.3) is 0 Å². The predicted molar refractivity (Wildman–Crippen MR) is 18.1 cm³/mol. The van der Waals surface area contributed by atoms with Crippen molar-refractivity contribution in [3.63, 3.8) is 0 Å². The fourth-order valence-corrected chi connectivity index (χ4v) is 0. The van der Waals surface area contributed by atoms with E-state index in [2.05, 4.69) is 0 Å². The second-order valence-electron chi connectivity index (χ2n) is 0.927. The van der Waals surface area contributed by atoms with Crippen molar-refractivity contribution in [1.82, 2.24) is 0 Å². The molecule has 5 heteroatoms. The molecule has 0 radical (unpaired) electrons. The van der Waals surface area contributed by atoms with E-state index in [1.165, 1.54) is 6.92 Å². The standard InChI is InChI=1S/C2H7O3P.Cd/c1-2-6(3,4)5;/h2H2,1H3,(H2,3,4,5);/q;+2/p-2. The van der Waals surface area contributed by atoms with Gasteiger partial charge in [-0.15, -0.1) is 0 Å². The van der Waals surface area contributed by atoms with Crippen molar-refractivity contribution in [3.05, 3.63) is 0 Å². The van der Waals surface area contributed by atoms with E-state index in [1.807, 2.05) is 0 Å². The van der Waals surface area contributed by atoms with Gasteiger partial charge in [-0.1, -0.05) is 14.5 Å². The van der Waals surface area contributed by atoms with Gasteiger partial charge in [0.15, 0.2) is 0 Å². The molecule has 0 aromatic rings. The van der Waals surface area contributed by atoms with Gasteiger partial charge in [0.1, 0.15) is 0 Å². The Balaban J connectivity index is 0. The summed E-state index contributed by atoms with van der Waals surface area (Å²) >= 11 is 0. The van der Waals surface area contributed by atoms with Gasteiger partial charge in [-0.25, -0.2) is 0 Å². The molecule has 0 saturated carbocycles. The minimum atomic E-state index is -4.15. The Bertz CT molecular complexity index is 77.0. The van der Waals surface area contributed by atoms with E-state index >= 15 is 0 Å². The van der Waals surface area contributed by atoms with Crippen molar-refractivity contribution < 1.29 is 41.7 Å². The summed E-state index contributed by atoms with van der Waals surface area (Å²) in [5, 5.41) is 0.